The van der Waals surface area contributed by atoms with Crippen molar-refractivity contribution in [1.29, 1.82) is 0 Å². The van der Waals surface area contributed by atoms with Gasteiger partial charge in [-0.1, -0.05) is 42.5 Å². The number of hydrogen-bond acceptors (Lipinski definition) is 4. The third-order valence-electron chi connectivity index (χ3n) is 9.48. The molecule has 4 aliphatic carbocycles. The summed E-state index contributed by atoms with van der Waals surface area (Å²) in [4.78, 5) is 38.0. The van der Waals surface area contributed by atoms with Gasteiger partial charge < -0.3 is 9.84 Å². The van der Waals surface area contributed by atoms with E-state index in [9.17, 15) is 14.4 Å². The van der Waals surface area contributed by atoms with Crippen molar-refractivity contribution in [3.63, 3.8) is 0 Å². The fourth-order valence-corrected chi connectivity index (χ4v) is 8.14. The van der Waals surface area contributed by atoms with Crippen LogP contribution in [0.1, 0.15) is 70.4 Å². The molecule has 3 aromatic rings. The summed E-state index contributed by atoms with van der Waals surface area (Å²) in [5.74, 6) is 1.40. The summed E-state index contributed by atoms with van der Waals surface area (Å²) in [6.45, 7) is -0.115. The Kier molecular flexibility index (Phi) is 5.88. The zero-order valence-electron chi connectivity index (χ0n) is 22.2. The Labute approximate surface area is 233 Å². The van der Waals surface area contributed by atoms with Crippen LogP contribution >= 0.6 is 0 Å². The van der Waals surface area contributed by atoms with E-state index in [1.165, 1.54) is 29.7 Å². The largest absolute Gasteiger partial charge is 0.478 e. The third kappa shape index (κ3) is 4.23. The highest BCUT2D eigenvalue weighted by atomic mass is 16.5. The molecule has 4 bridgehead atoms. The van der Waals surface area contributed by atoms with Gasteiger partial charge >= 0.3 is 5.97 Å². The molecule has 0 saturated heterocycles. The second-order valence-corrected chi connectivity index (χ2v) is 12.1. The van der Waals surface area contributed by atoms with Crippen LogP contribution in [0.25, 0.3) is 17.2 Å². The molecule has 2 amide bonds. The lowest BCUT2D eigenvalue weighted by atomic mass is 9.48. The lowest BCUT2D eigenvalue weighted by Crippen LogP contribution is -2.48. The summed E-state index contributed by atoms with van der Waals surface area (Å²) < 4.78 is 6.37. The van der Waals surface area contributed by atoms with Gasteiger partial charge in [0.15, 0.2) is 6.73 Å². The molecule has 40 heavy (non-hydrogen) atoms. The van der Waals surface area contributed by atoms with Gasteiger partial charge in [0, 0.05) is 11.6 Å². The first-order chi connectivity index (χ1) is 19.4. The summed E-state index contributed by atoms with van der Waals surface area (Å²) in [5, 5.41) is 8.93. The highest BCUT2D eigenvalue weighted by Crippen LogP contribution is 2.62. The van der Waals surface area contributed by atoms with E-state index in [2.05, 4.69) is 6.07 Å². The molecule has 0 unspecified atom stereocenters. The van der Waals surface area contributed by atoms with Crippen molar-refractivity contribution in [3.8, 4) is 16.9 Å². The summed E-state index contributed by atoms with van der Waals surface area (Å²) in [6.07, 6.45) is 10.2. The molecule has 1 heterocycles. The summed E-state index contributed by atoms with van der Waals surface area (Å²) in [5.41, 5.74) is 5.04. The molecule has 0 aromatic heterocycles. The van der Waals surface area contributed by atoms with E-state index in [1.807, 2.05) is 36.4 Å². The zero-order valence-corrected chi connectivity index (χ0v) is 22.2. The maximum atomic E-state index is 13.0. The SMILES string of the molecule is O=C(O)/C=C/c1ccc(-c2ccc(OCN3C(=O)c4ccccc4C3=O)c(C34CC5CC(CC(C5)C3)C4)c2)cc1. The van der Waals surface area contributed by atoms with Crippen molar-refractivity contribution in [3.05, 3.63) is 95.1 Å². The number of fused-ring (bicyclic) bond motifs is 1. The first-order valence-electron chi connectivity index (χ1n) is 14.1. The minimum absolute atomic E-state index is 0.0479. The minimum atomic E-state index is -0.971. The van der Waals surface area contributed by atoms with Crippen molar-refractivity contribution in [2.24, 2.45) is 17.8 Å². The van der Waals surface area contributed by atoms with E-state index in [-0.39, 0.29) is 24.0 Å². The lowest BCUT2D eigenvalue weighted by Gasteiger charge is -2.57. The number of carboxylic acid groups (broad SMARTS) is 1. The highest BCUT2D eigenvalue weighted by Gasteiger charge is 2.52. The summed E-state index contributed by atoms with van der Waals surface area (Å²) >= 11 is 0. The average Bonchev–Trinajstić information content (AvgIpc) is 3.19. The van der Waals surface area contributed by atoms with E-state index in [1.54, 1.807) is 30.3 Å². The first kappa shape index (κ1) is 24.8. The van der Waals surface area contributed by atoms with E-state index in [0.29, 0.717) is 11.1 Å². The molecule has 6 nitrogen and oxygen atoms in total. The van der Waals surface area contributed by atoms with Crippen LogP contribution in [-0.2, 0) is 10.2 Å². The minimum Gasteiger partial charge on any atom is -0.478 e. The maximum Gasteiger partial charge on any atom is 0.328 e. The Bertz CT molecular complexity index is 1480. The van der Waals surface area contributed by atoms with Gasteiger partial charge in [0.25, 0.3) is 11.8 Å². The normalized spacial score (nSPS) is 26.5. The second kappa shape index (κ2) is 9.47. The molecule has 0 spiro atoms. The van der Waals surface area contributed by atoms with Crippen molar-refractivity contribution < 1.29 is 24.2 Å². The van der Waals surface area contributed by atoms with E-state index in [0.717, 1.165) is 65.5 Å². The molecular weight excluding hydrogens is 502 g/mol. The third-order valence-corrected chi connectivity index (χ3v) is 9.48. The molecule has 4 fully saturated rings. The van der Waals surface area contributed by atoms with Crippen LogP contribution in [0, 0.1) is 17.8 Å². The number of benzene rings is 3. The Morgan fingerprint density at radius 2 is 1.43 bits per heavy atom. The van der Waals surface area contributed by atoms with Gasteiger partial charge in [-0.3, -0.25) is 9.59 Å². The zero-order chi connectivity index (χ0) is 27.4. The Morgan fingerprint density at radius 1 is 0.850 bits per heavy atom. The van der Waals surface area contributed by atoms with Crippen LogP contribution in [0.5, 0.6) is 5.75 Å². The number of carbonyl (C=O) groups is 3. The molecule has 1 N–H and O–H groups in total. The van der Waals surface area contributed by atoms with Crippen LogP contribution in [0.15, 0.2) is 72.8 Å². The molecular formula is C34H31NO5. The number of ether oxygens (including phenoxy) is 1. The standard InChI is InChI=1S/C34H31NO5/c36-31(37)12-7-21-5-8-25(9-6-21)26-10-11-30(40-20-35-32(38)27-3-1-2-4-28(27)33(35)39)29(16-26)34-17-22-13-23(18-34)15-24(14-22)19-34/h1-12,16,22-24H,13-15,17-20H2,(H,36,37)/b12-7+. The Hall–Kier alpha value is -4.19. The van der Waals surface area contributed by atoms with Crippen molar-refractivity contribution in [2.45, 2.75) is 43.9 Å². The monoisotopic (exact) mass is 533 g/mol. The quantitative estimate of drug-likeness (QED) is 0.275. The van der Waals surface area contributed by atoms with Gasteiger partial charge in [-0.25, -0.2) is 9.69 Å². The van der Waals surface area contributed by atoms with E-state index >= 15 is 0 Å². The van der Waals surface area contributed by atoms with Crippen LogP contribution in [-0.4, -0.2) is 34.5 Å². The molecule has 6 heteroatoms. The number of carboxylic acids is 1. The maximum absolute atomic E-state index is 13.0. The Morgan fingerprint density at radius 3 is 2.00 bits per heavy atom. The van der Waals surface area contributed by atoms with Gasteiger partial charge in [-0.2, -0.15) is 0 Å². The number of carbonyl (C=O) groups excluding carboxylic acids is 2. The number of aliphatic carboxylic acids is 1. The number of amides is 2. The fraction of sp³-hybridized carbons (Fsp3) is 0.324. The van der Waals surface area contributed by atoms with Crippen LogP contribution in [0.3, 0.4) is 0 Å². The van der Waals surface area contributed by atoms with Gasteiger partial charge in [-0.05, 0) is 109 Å². The predicted octanol–water partition coefficient (Wildman–Crippen LogP) is 6.55. The molecule has 202 valence electrons. The van der Waals surface area contributed by atoms with E-state index < -0.39 is 5.97 Å². The predicted molar refractivity (Wildman–Crippen MR) is 151 cm³/mol. The van der Waals surface area contributed by atoms with Crippen LogP contribution in [0.4, 0.5) is 0 Å². The van der Waals surface area contributed by atoms with E-state index in [4.69, 9.17) is 9.84 Å². The van der Waals surface area contributed by atoms with Crippen molar-refractivity contribution >= 4 is 23.9 Å². The average molecular weight is 534 g/mol. The number of nitrogens with zero attached hydrogens (tertiary/aromatic N) is 1. The molecule has 0 radical (unpaired) electrons. The summed E-state index contributed by atoms with van der Waals surface area (Å²) in [6, 6.07) is 21.1. The Balaban J connectivity index is 1.22. The van der Waals surface area contributed by atoms with Crippen LogP contribution in [0.2, 0.25) is 0 Å². The molecule has 1 aliphatic heterocycles. The molecule has 3 aromatic carbocycles. The second-order valence-electron chi connectivity index (χ2n) is 12.1. The number of rotatable bonds is 7. The molecule has 0 atom stereocenters. The molecule has 8 rings (SSSR count). The summed E-state index contributed by atoms with van der Waals surface area (Å²) in [7, 11) is 0. The molecule has 4 saturated carbocycles. The number of imide groups is 1. The topological polar surface area (TPSA) is 83.9 Å². The van der Waals surface area contributed by atoms with Gasteiger partial charge in [0.05, 0.1) is 11.1 Å². The lowest BCUT2D eigenvalue weighted by molar-refractivity contribution is -0.131. The van der Waals surface area contributed by atoms with Crippen molar-refractivity contribution in [1.82, 2.24) is 4.90 Å². The van der Waals surface area contributed by atoms with Gasteiger partial charge in [0.1, 0.15) is 5.75 Å². The smallest absolute Gasteiger partial charge is 0.328 e. The van der Waals surface area contributed by atoms with Gasteiger partial charge in [-0.15, -0.1) is 0 Å². The molecule has 5 aliphatic rings. The fourth-order valence-electron chi connectivity index (χ4n) is 8.14. The van der Waals surface area contributed by atoms with Crippen LogP contribution < -0.4 is 4.74 Å². The van der Waals surface area contributed by atoms with Crippen molar-refractivity contribution in [2.75, 3.05) is 6.73 Å². The van der Waals surface area contributed by atoms with Gasteiger partial charge in [0.2, 0.25) is 0 Å². The number of hydrogen-bond donors (Lipinski definition) is 1. The first-order valence-corrected chi connectivity index (χ1v) is 14.1. The highest BCUT2D eigenvalue weighted by molar-refractivity contribution is 6.21.